The molecular formula is C21H25N3O4S. The topological polar surface area (TPSA) is 101 Å². The summed E-state index contributed by atoms with van der Waals surface area (Å²) in [6.45, 7) is 2.38. The lowest BCUT2D eigenvalue weighted by molar-refractivity contribution is -0.133. The highest BCUT2D eigenvalue weighted by molar-refractivity contribution is 7.92. The van der Waals surface area contributed by atoms with Gasteiger partial charge in [-0.05, 0) is 44.0 Å². The average molecular weight is 416 g/mol. The number of piperidine rings is 1. The predicted octanol–water partition coefficient (Wildman–Crippen LogP) is 1.91. The van der Waals surface area contributed by atoms with Crippen molar-refractivity contribution in [3.63, 3.8) is 0 Å². The van der Waals surface area contributed by atoms with Gasteiger partial charge in [0, 0.05) is 19.0 Å². The van der Waals surface area contributed by atoms with E-state index in [0.29, 0.717) is 31.6 Å². The van der Waals surface area contributed by atoms with Crippen LogP contribution in [0, 0.1) is 12.8 Å². The Bertz CT molecular complexity index is 967. The molecule has 8 heteroatoms. The van der Waals surface area contributed by atoms with Crippen molar-refractivity contribution < 1.29 is 18.0 Å². The summed E-state index contributed by atoms with van der Waals surface area (Å²) in [5, 5.41) is 0. The molecule has 154 valence electrons. The number of nitrogens with zero attached hydrogens (tertiary/aromatic N) is 2. The molecule has 0 radical (unpaired) electrons. The Hall–Kier alpha value is -2.87. The fourth-order valence-electron chi connectivity index (χ4n) is 3.38. The van der Waals surface area contributed by atoms with Gasteiger partial charge >= 0.3 is 0 Å². The molecule has 0 spiro atoms. The molecule has 1 heterocycles. The summed E-state index contributed by atoms with van der Waals surface area (Å²) < 4.78 is 27.7. The van der Waals surface area contributed by atoms with Crippen molar-refractivity contribution in [1.82, 2.24) is 4.90 Å². The molecule has 1 aliphatic heterocycles. The number of amides is 2. The maximum atomic E-state index is 13.3. The number of sulfonamides is 1. The van der Waals surface area contributed by atoms with Crippen LogP contribution >= 0.6 is 0 Å². The van der Waals surface area contributed by atoms with Crippen molar-refractivity contribution >= 4 is 27.5 Å². The van der Waals surface area contributed by atoms with Crippen molar-refractivity contribution in [2.75, 3.05) is 23.9 Å². The first-order valence-corrected chi connectivity index (χ1v) is 10.9. The van der Waals surface area contributed by atoms with E-state index in [1.807, 2.05) is 19.1 Å². The molecule has 0 bridgehead atoms. The first-order chi connectivity index (χ1) is 13.8. The van der Waals surface area contributed by atoms with Crippen LogP contribution in [0.4, 0.5) is 5.69 Å². The molecule has 3 rings (SSSR count). The number of aryl methyl sites for hydroxylation is 1. The fraction of sp³-hybridized carbons (Fsp3) is 0.333. The molecule has 0 saturated carbocycles. The average Bonchev–Trinajstić information content (AvgIpc) is 2.73. The van der Waals surface area contributed by atoms with Crippen LogP contribution in [0.5, 0.6) is 0 Å². The van der Waals surface area contributed by atoms with E-state index < -0.39 is 10.0 Å². The van der Waals surface area contributed by atoms with E-state index in [4.69, 9.17) is 5.73 Å². The van der Waals surface area contributed by atoms with Gasteiger partial charge in [0.15, 0.2) is 0 Å². The highest BCUT2D eigenvalue weighted by Crippen LogP contribution is 2.25. The molecule has 2 aromatic rings. The van der Waals surface area contributed by atoms with E-state index in [-0.39, 0.29) is 29.2 Å². The Kier molecular flexibility index (Phi) is 6.22. The third kappa shape index (κ3) is 4.76. The van der Waals surface area contributed by atoms with Gasteiger partial charge in [-0.25, -0.2) is 8.42 Å². The predicted molar refractivity (Wildman–Crippen MR) is 111 cm³/mol. The van der Waals surface area contributed by atoms with Crippen LogP contribution in [0.2, 0.25) is 0 Å². The summed E-state index contributed by atoms with van der Waals surface area (Å²) >= 11 is 0. The quantitative estimate of drug-likeness (QED) is 0.779. The van der Waals surface area contributed by atoms with E-state index in [1.54, 1.807) is 35.2 Å². The third-order valence-corrected chi connectivity index (χ3v) is 6.97. The lowest BCUT2D eigenvalue weighted by atomic mass is 9.96. The first kappa shape index (κ1) is 20.9. The first-order valence-electron chi connectivity index (χ1n) is 9.50. The smallest absolute Gasteiger partial charge is 0.264 e. The summed E-state index contributed by atoms with van der Waals surface area (Å²) in [6, 6.07) is 15.1. The molecule has 1 saturated heterocycles. The fourth-order valence-corrected chi connectivity index (χ4v) is 4.82. The molecule has 2 aromatic carbocycles. The second-order valence-electron chi connectivity index (χ2n) is 7.22. The molecule has 29 heavy (non-hydrogen) atoms. The maximum Gasteiger partial charge on any atom is 0.264 e. The van der Waals surface area contributed by atoms with Gasteiger partial charge in [0.1, 0.15) is 6.54 Å². The van der Waals surface area contributed by atoms with Crippen LogP contribution in [-0.2, 0) is 19.6 Å². The minimum Gasteiger partial charge on any atom is -0.369 e. The number of primary amides is 1. The zero-order valence-corrected chi connectivity index (χ0v) is 17.1. The molecule has 1 fully saturated rings. The summed E-state index contributed by atoms with van der Waals surface area (Å²) in [5.74, 6) is -0.890. The molecule has 0 aromatic heterocycles. The summed E-state index contributed by atoms with van der Waals surface area (Å²) in [6.07, 6.45) is 0.994. The van der Waals surface area contributed by atoms with Crippen LogP contribution < -0.4 is 10.0 Å². The third-order valence-electron chi connectivity index (χ3n) is 5.18. The molecule has 0 aliphatic carbocycles. The zero-order valence-electron chi connectivity index (χ0n) is 16.3. The van der Waals surface area contributed by atoms with Gasteiger partial charge in [0.25, 0.3) is 10.0 Å². The van der Waals surface area contributed by atoms with Crippen LogP contribution in [0.3, 0.4) is 0 Å². The minimum absolute atomic E-state index is 0.126. The molecule has 2 amide bonds. The molecule has 7 nitrogen and oxygen atoms in total. The maximum absolute atomic E-state index is 13.3. The SMILES string of the molecule is Cc1ccc(N(CC(=O)N2CCC(C(N)=O)CC2)S(=O)(=O)c2ccccc2)cc1. The summed E-state index contributed by atoms with van der Waals surface area (Å²) in [4.78, 5) is 26.0. The van der Waals surface area contributed by atoms with E-state index in [0.717, 1.165) is 9.87 Å². The molecule has 1 aliphatic rings. The Morgan fingerprint density at radius 2 is 1.62 bits per heavy atom. The van der Waals surface area contributed by atoms with Gasteiger partial charge in [-0.1, -0.05) is 35.9 Å². The van der Waals surface area contributed by atoms with Gasteiger partial charge < -0.3 is 10.6 Å². The van der Waals surface area contributed by atoms with Crippen LogP contribution in [-0.4, -0.2) is 44.8 Å². The van der Waals surface area contributed by atoms with Gasteiger partial charge in [-0.3, -0.25) is 13.9 Å². The van der Waals surface area contributed by atoms with E-state index in [1.165, 1.54) is 12.1 Å². The number of anilines is 1. The second kappa shape index (κ2) is 8.65. The highest BCUT2D eigenvalue weighted by Gasteiger charge is 2.31. The zero-order chi connectivity index (χ0) is 21.0. The number of nitrogens with two attached hydrogens (primary N) is 1. The number of hydrogen-bond acceptors (Lipinski definition) is 4. The van der Waals surface area contributed by atoms with E-state index >= 15 is 0 Å². The number of benzene rings is 2. The molecular weight excluding hydrogens is 390 g/mol. The normalized spacial score (nSPS) is 15.1. The highest BCUT2D eigenvalue weighted by atomic mass is 32.2. The van der Waals surface area contributed by atoms with Gasteiger partial charge in [0.05, 0.1) is 10.6 Å². The van der Waals surface area contributed by atoms with E-state index in [2.05, 4.69) is 0 Å². The van der Waals surface area contributed by atoms with Crippen molar-refractivity contribution in [3.8, 4) is 0 Å². The molecule has 0 unspecified atom stereocenters. The number of rotatable bonds is 6. The summed E-state index contributed by atoms with van der Waals surface area (Å²) in [7, 11) is -3.91. The summed E-state index contributed by atoms with van der Waals surface area (Å²) in [5.41, 5.74) is 6.77. The van der Waals surface area contributed by atoms with Crippen LogP contribution in [0.15, 0.2) is 59.5 Å². The lowest BCUT2D eigenvalue weighted by Gasteiger charge is -2.33. The number of hydrogen-bond donors (Lipinski definition) is 1. The minimum atomic E-state index is -3.91. The second-order valence-corrected chi connectivity index (χ2v) is 9.08. The molecule has 2 N–H and O–H groups in total. The Labute approximate surface area is 171 Å². The van der Waals surface area contributed by atoms with Crippen LogP contribution in [0.1, 0.15) is 18.4 Å². The Morgan fingerprint density at radius 1 is 1.03 bits per heavy atom. The van der Waals surface area contributed by atoms with Crippen molar-refractivity contribution in [1.29, 1.82) is 0 Å². The number of carbonyl (C=O) groups excluding carboxylic acids is 2. The largest absolute Gasteiger partial charge is 0.369 e. The van der Waals surface area contributed by atoms with Gasteiger partial charge in [-0.2, -0.15) is 0 Å². The van der Waals surface area contributed by atoms with Crippen molar-refractivity contribution in [3.05, 3.63) is 60.2 Å². The van der Waals surface area contributed by atoms with E-state index in [9.17, 15) is 18.0 Å². The Balaban J connectivity index is 1.85. The van der Waals surface area contributed by atoms with Gasteiger partial charge in [0.2, 0.25) is 11.8 Å². The van der Waals surface area contributed by atoms with Crippen LogP contribution in [0.25, 0.3) is 0 Å². The van der Waals surface area contributed by atoms with Crippen molar-refractivity contribution in [2.45, 2.75) is 24.7 Å². The standard InChI is InChI=1S/C21H25N3O4S/c1-16-7-9-18(10-8-16)24(29(27,28)19-5-3-2-4-6-19)15-20(25)23-13-11-17(12-14-23)21(22)26/h2-10,17H,11-15H2,1H3,(H2,22,26). The monoisotopic (exact) mass is 415 g/mol. The lowest BCUT2D eigenvalue weighted by Crippen LogP contribution is -2.47. The van der Waals surface area contributed by atoms with Gasteiger partial charge in [-0.15, -0.1) is 0 Å². The number of likely N-dealkylation sites (tertiary alicyclic amines) is 1. The molecule has 0 atom stereocenters. The van der Waals surface area contributed by atoms with Crippen molar-refractivity contribution in [2.24, 2.45) is 11.7 Å². The Morgan fingerprint density at radius 3 is 2.17 bits per heavy atom. The number of carbonyl (C=O) groups is 2.